The van der Waals surface area contributed by atoms with Crippen LogP contribution in [0.5, 0.6) is 11.5 Å². The molecule has 0 bridgehead atoms. The van der Waals surface area contributed by atoms with E-state index in [4.69, 9.17) is 21.1 Å². The first kappa shape index (κ1) is 17.8. The molecule has 0 N–H and O–H groups in total. The first-order valence-electron chi connectivity index (χ1n) is 7.17. The molecule has 0 saturated heterocycles. The fourth-order valence-electron chi connectivity index (χ4n) is 1.96. The third kappa shape index (κ3) is 5.24. The van der Waals surface area contributed by atoms with Crippen LogP contribution in [0.2, 0.25) is 0 Å². The maximum absolute atomic E-state index is 12.1. The van der Waals surface area contributed by atoms with Crippen molar-refractivity contribution >= 4 is 17.4 Å². The molecule has 0 radical (unpaired) electrons. The molecule has 0 heterocycles. The van der Waals surface area contributed by atoms with Crippen LogP contribution in [0.3, 0.4) is 0 Å². The highest BCUT2D eigenvalue weighted by atomic mass is 35.5. The van der Waals surface area contributed by atoms with Gasteiger partial charge in [-0.15, -0.1) is 11.6 Å². The van der Waals surface area contributed by atoms with E-state index < -0.39 is 10.8 Å². The molecule has 4 heteroatoms. The van der Waals surface area contributed by atoms with Crippen molar-refractivity contribution in [1.29, 1.82) is 0 Å². The zero-order valence-electron chi connectivity index (χ0n) is 13.7. The van der Waals surface area contributed by atoms with Crippen molar-refractivity contribution in [2.75, 3.05) is 7.11 Å². The topological polar surface area (TPSA) is 35.5 Å². The Balaban J connectivity index is 2.88. The molecule has 118 valence electrons. The molecule has 0 fully saturated rings. The summed E-state index contributed by atoms with van der Waals surface area (Å²) < 4.78 is 11.0. The molecule has 1 atom stereocenters. The number of benzene rings is 1. The van der Waals surface area contributed by atoms with Gasteiger partial charge in [0.25, 0.3) is 0 Å². The molecule has 1 aromatic rings. The van der Waals surface area contributed by atoms with E-state index in [1.54, 1.807) is 7.11 Å². The summed E-state index contributed by atoms with van der Waals surface area (Å²) in [6, 6.07) is 5.66. The van der Waals surface area contributed by atoms with E-state index in [9.17, 15) is 4.79 Å². The molecule has 3 nitrogen and oxygen atoms in total. The number of alkyl halides is 1. The van der Waals surface area contributed by atoms with Crippen molar-refractivity contribution in [2.24, 2.45) is 5.41 Å². The maximum atomic E-state index is 12.1. The summed E-state index contributed by atoms with van der Waals surface area (Å²) in [5.74, 6) is 1.41. The second-order valence-corrected chi connectivity index (χ2v) is 6.96. The minimum atomic E-state index is -0.536. The Morgan fingerprint density at radius 2 is 1.86 bits per heavy atom. The fourth-order valence-corrected chi connectivity index (χ4v) is 2.47. The molecule has 1 unspecified atom stereocenters. The number of hydrogen-bond acceptors (Lipinski definition) is 3. The average molecular weight is 313 g/mol. The molecule has 0 aliphatic carbocycles. The first-order valence-corrected chi connectivity index (χ1v) is 7.60. The lowest BCUT2D eigenvalue weighted by atomic mass is 9.87. The largest absolute Gasteiger partial charge is 0.493 e. The first-order chi connectivity index (χ1) is 9.65. The van der Waals surface area contributed by atoms with Crippen molar-refractivity contribution in [1.82, 2.24) is 0 Å². The molecule has 0 aliphatic rings. The Kier molecular flexibility index (Phi) is 6.09. The summed E-state index contributed by atoms with van der Waals surface area (Å²) in [5, 5.41) is -0.536. The predicted molar refractivity (Wildman–Crippen MR) is 86.6 cm³/mol. The van der Waals surface area contributed by atoms with Gasteiger partial charge in [0.1, 0.15) is 0 Å². The quantitative estimate of drug-likeness (QED) is 0.737. The highest BCUT2D eigenvalue weighted by Crippen LogP contribution is 2.30. The number of carbonyl (C=O) groups excluding carboxylic acids is 1. The van der Waals surface area contributed by atoms with Gasteiger partial charge in [-0.05, 0) is 38.0 Å². The summed E-state index contributed by atoms with van der Waals surface area (Å²) in [7, 11) is 1.60. The number of ether oxygens (including phenoxy) is 2. The fraction of sp³-hybridized carbons (Fsp3) is 0.588. The third-order valence-corrected chi connectivity index (χ3v) is 3.38. The Hall–Kier alpha value is -1.22. The number of ketones is 1. The van der Waals surface area contributed by atoms with Crippen LogP contribution >= 0.6 is 11.6 Å². The molecular formula is C17H25ClO3. The molecule has 0 aromatic heterocycles. The van der Waals surface area contributed by atoms with E-state index in [0.717, 1.165) is 5.56 Å². The molecule has 1 rings (SSSR count). The molecule has 0 aliphatic heterocycles. The van der Waals surface area contributed by atoms with E-state index in [0.29, 0.717) is 17.9 Å². The van der Waals surface area contributed by atoms with Crippen LogP contribution in [0.15, 0.2) is 18.2 Å². The van der Waals surface area contributed by atoms with Gasteiger partial charge in [0.15, 0.2) is 17.3 Å². The number of halogens is 1. The Bertz CT molecular complexity index is 489. The van der Waals surface area contributed by atoms with Gasteiger partial charge < -0.3 is 9.47 Å². The zero-order chi connectivity index (χ0) is 16.2. The summed E-state index contributed by atoms with van der Waals surface area (Å²) in [4.78, 5) is 12.1. The van der Waals surface area contributed by atoms with Crippen LogP contribution in [0.25, 0.3) is 0 Å². The van der Waals surface area contributed by atoms with Crippen molar-refractivity contribution in [2.45, 2.75) is 52.5 Å². The third-order valence-electron chi connectivity index (χ3n) is 3.03. The summed E-state index contributed by atoms with van der Waals surface area (Å²) in [6.45, 7) is 9.56. The van der Waals surface area contributed by atoms with Crippen molar-refractivity contribution < 1.29 is 14.3 Å². The van der Waals surface area contributed by atoms with Gasteiger partial charge in [-0.1, -0.05) is 26.8 Å². The van der Waals surface area contributed by atoms with Crippen LogP contribution < -0.4 is 9.47 Å². The summed E-state index contributed by atoms with van der Waals surface area (Å²) in [6.07, 6.45) is 0.559. The van der Waals surface area contributed by atoms with Crippen molar-refractivity contribution in [3.05, 3.63) is 23.8 Å². The van der Waals surface area contributed by atoms with Crippen LogP contribution in [-0.4, -0.2) is 24.4 Å². The van der Waals surface area contributed by atoms with Gasteiger partial charge in [-0.25, -0.2) is 0 Å². The predicted octanol–water partition coefficient (Wildman–Crippen LogP) is 4.25. The SMILES string of the molecule is COc1cc(CC(Cl)C(=O)C(C)(C)C)ccc1OC(C)C. The average Bonchev–Trinajstić information content (AvgIpc) is 2.37. The van der Waals surface area contributed by atoms with Gasteiger partial charge in [-0.3, -0.25) is 4.79 Å². The summed E-state index contributed by atoms with van der Waals surface area (Å²) >= 11 is 6.25. The molecule has 0 amide bonds. The van der Waals surface area contributed by atoms with E-state index in [1.165, 1.54) is 0 Å². The van der Waals surface area contributed by atoms with Crippen LogP contribution in [-0.2, 0) is 11.2 Å². The minimum absolute atomic E-state index is 0.0469. The number of hydrogen-bond donors (Lipinski definition) is 0. The van der Waals surface area contributed by atoms with Crippen LogP contribution in [0.1, 0.15) is 40.2 Å². The van der Waals surface area contributed by atoms with Crippen LogP contribution in [0.4, 0.5) is 0 Å². The molecule has 0 spiro atoms. The van der Waals surface area contributed by atoms with Gasteiger partial charge in [-0.2, -0.15) is 0 Å². The van der Waals surface area contributed by atoms with Crippen LogP contribution in [0, 0.1) is 5.41 Å². The summed E-state index contributed by atoms with van der Waals surface area (Å²) in [5.41, 5.74) is 0.526. The molecule has 1 aromatic carbocycles. The highest BCUT2D eigenvalue weighted by Gasteiger charge is 2.28. The van der Waals surface area contributed by atoms with Gasteiger partial charge in [0.2, 0.25) is 0 Å². The lowest BCUT2D eigenvalue weighted by molar-refractivity contribution is -0.125. The molecule has 0 saturated carbocycles. The van der Waals surface area contributed by atoms with E-state index in [-0.39, 0.29) is 11.9 Å². The zero-order valence-corrected chi connectivity index (χ0v) is 14.5. The van der Waals surface area contributed by atoms with Gasteiger partial charge in [0.05, 0.1) is 18.6 Å². The maximum Gasteiger partial charge on any atom is 0.161 e. The van der Waals surface area contributed by atoms with Gasteiger partial charge in [0, 0.05) is 5.41 Å². The Morgan fingerprint density at radius 3 is 2.33 bits per heavy atom. The van der Waals surface area contributed by atoms with Gasteiger partial charge >= 0.3 is 0 Å². The number of Topliss-reactive ketones (excluding diaryl/α,β-unsaturated/α-hetero) is 1. The number of methoxy groups -OCH3 is 1. The van der Waals surface area contributed by atoms with E-state index >= 15 is 0 Å². The van der Waals surface area contributed by atoms with E-state index in [1.807, 2.05) is 52.8 Å². The number of carbonyl (C=O) groups is 1. The second-order valence-electron chi connectivity index (χ2n) is 6.44. The minimum Gasteiger partial charge on any atom is -0.493 e. The van der Waals surface area contributed by atoms with Crippen molar-refractivity contribution in [3.63, 3.8) is 0 Å². The Morgan fingerprint density at radius 1 is 1.24 bits per heavy atom. The number of rotatable bonds is 6. The smallest absolute Gasteiger partial charge is 0.161 e. The second kappa shape index (κ2) is 7.17. The molecular weight excluding hydrogens is 288 g/mol. The molecule has 21 heavy (non-hydrogen) atoms. The Labute approximate surface area is 132 Å². The lowest BCUT2D eigenvalue weighted by Crippen LogP contribution is -2.30. The highest BCUT2D eigenvalue weighted by molar-refractivity contribution is 6.31. The van der Waals surface area contributed by atoms with E-state index in [2.05, 4.69) is 0 Å². The standard InChI is InChI=1S/C17H25ClO3/c1-11(2)21-14-8-7-12(10-15(14)20-6)9-13(18)16(19)17(3,4)5/h7-8,10-11,13H,9H2,1-6H3. The monoisotopic (exact) mass is 312 g/mol. The van der Waals surface area contributed by atoms with Crippen molar-refractivity contribution in [3.8, 4) is 11.5 Å². The normalized spacial score (nSPS) is 13.1. The lowest BCUT2D eigenvalue weighted by Gasteiger charge is -2.21.